The molecule has 2 aromatic heterocycles. The van der Waals surface area contributed by atoms with Crippen molar-refractivity contribution in [1.82, 2.24) is 5.32 Å². The van der Waals surface area contributed by atoms with Crippen LogP contribution in [0.25, 0.3) is 0 Å². The average Bonchev–Trinajstić information content (AvgIpc) is 2.74. The Morgan fingerprint density at radius 3 is 2.24 bits per heavy atom. The summed E-state index contributed by atoms with van der Waals surface area (Å²) in [6.45, 7) is 2.00. The fraction of sp³-hybridized carbons (Fsp3) is 0.273. The molecule has 0 aliphatic rings. The van der Waals surface area contributed by atoms with Gasteiger partial charge < -0.3 is 5.32 Å². The molecule has 1 atom stereocenters. The minimum Gasteiger partial charge on any atom is -0.309 e. The van der Waals surface area contributed by atoms with E-state index in [2.05, 4.69) is 11.4 Å². The number of rotatable bonds is 3. The van der Waals surface area contributed by atoms with E-state index in [1.807, 2.05) is 20.0 Å². The van der Waals surface area contributed by atoms with Crippen LogP contribution >= 0.6 is 57.5 Å². The first kappa shape index (κ1) is 13.7. The quantitative estimate of drug-likeness (QED) is 0.797. The van der Waals surface area contributed by atoms with Crippen LogP contribution in [0.4, 0.5) is 0 Å². The zero-order chi connectivity index (χ0) is 12.6. The van der Waals surface area contributed by atoms with E-state index in [9.17, 15) is 0 Å². The lowest BCUT2D eigenvalue weighted by molar-refractivity contribution is 0.706. The number of nitrogens with one attached hydrogen (secondary N) is 1. The van der Waals surface area contributed by atoms with Gasteiger partial charge in [0.1, 0.15) is 0 Å². The third-order valence-electron chi connectivity index (χ3n) is 2.44. The van der Waals surface area contributed by atoms with Crippen LogP contribution in [0, 0.1) is 6.92 Å². The highest BCUT2D eigenvalue weighted by Crippen LogP contribution is 2.40. The van der Waals surface area contributed by atoms with Crippen molar-refractivity contribution < 1.29 is 0 Å². The highest BCUT2D eigenvalue weighted by atomic mass is 35.5. The summed E-state index contributed by atoms with van der Waals surface area (Å²) in [5.74, 6) is 0. The summed E-state index contributed by atoms with van der Waals surface area (Å²) in [4.78, 5) is 1.14. The molecule has 2 rings (SSSR count). The Morgan fingerprint density at radius 2 is 1.82 bits per heavy atom. The zero-order valence-electron chi connectivity index (χ0n) is 9.18. The second-order valence-electron chi connectivity index (χ2n) is 3.61. The molecule has 2 aromatic rings. The van der Waals surface area contributed by atoms with Gasteiger partial charge in [-0.15, -0.1) is 22.7 Å². The predicted molar refractivity (Wildman–Crippen MR) is 79.3 cm³/mol. The summed E-state index contributed by atoms with van der Waals surface area (Å²) in [7, 11) is 1.90. The Kier molecular flexibility index (Phi) is 4.40. The second-order valence-corrected chi connectivity index (χ2v) is 7.58. The first-order valence-electron chi connectivity index (χ1n) is 4.90. The smallest absolute Gasteiger partial charge is 0.0995 e. The summed E-state index contributed by atoms with van der Waals surface area (Å²) in [6, 6.07) is 4.02. The summed E-state index contributed by atoms with van der Waals surface area (Å²) in [5, 5.41) is 3.24. The van der Waals surface area contributed by atoms with Crippen LogP contribution in [0.3, 0.4) is 0 Å². The van der Waals surface area contributed by atoms with Crippen molar-refractivity contribution in [3.63, 3.8) is 0 Å². The standard InChI is InChI=1S/C11H10Cl3NS2/c1-5-3-7(16-10(5)13)9(15-2)6-4-8(12)17-11(6)14/h3-4,9,15H,1-2H3. The molecule has 0 fully saturated rings. The van der Waals surface area contributed by atoms with E-state index < -0.39 is 0 Å². The van der Waals surface area contributed by atoms with Crippen LogP contribution in [-0.4, -0.2) is 7.05 Å². The van der Waals surface area contributed by atoms with E-state index >= 15 is 0 Å². The van der Waals surface area contributed by atoms with Gasteiger partial charge in [-0.1, -0.05) is 34.8 Å². The lowest BCUT2D eigenvalue weighted by atomic mass is 10.1. The molecule has 0 bridgehead atoms. The fourth-order valence-electron chi connectivity index (χ4n) is 1.63. The molecule has 6 heteroatoms. The summed E-state index contributed by atoms with van der Waals surface area (Å²) in [5.41, 5.74) is 2.09. The summed E-state index contributed by atoms with van der Waals surface area (Å²) < 4.78 is 2.24. The first-order valence-corrected chi connectivity index (χ1v) is 7.67. The molecular weight excluding hydrogens is 317 g/mol. The Labute approximate surface area is 123 Å². The molecule has 1 N–H and O–H groups in total. The highest BCUT2D eigenvalue weighted by molar-refractivity contribution is 7.20. The number of thiophene rings is 2. The number of halogens is 3. The maximum absolute atomic E-state index is 6.18. The molecule has 92 valence electrons. The molecule has 0 amide bonds. The maximum atomic E-state index is 6.18. The SMILES string of the molecule is CNC(c1cc(C)c(Cl)s1)c1cc(Cl)sc1Cl. The Balaban J connectivity index is 2.43. The van der Waals surface area contributed by atoms with Gasteiger partial charge in [0.2, 0.25) is 0 Å². The van der Waals surface area contributed by atoms with Gasteiger partial charge in [0, 0.05) is 10.4 Å². The lowest BCUT2D eigenvalue weighted by Crippen LogP contribution is -2.16. The number of aryl methyl sites for hydroxylation is 1. The molecule has 1 nitrogen and oxygen atoms in total. The van der Waals surface area contributed by atoms with Crippen molar-refractivity contribution in [3.8, 4) is 0 Å². The van der Waals surface area contributed by atoms with Gasteiger partial charge in [0.15, 0.2) is 0 Å². The summed E-state index contributed by atoms with van der Waals surface area (Å²) >= 11 is 21.2. The summed E-state index contributed by atoms with van der Waals surface area (Å²) in [6.07, 6.45) is 0. The molecule has 0 spiro atoms. The van der Waals surface area contributed by atoms with Gasteiger partial charge in [-0.2, -0.15) is 0 Å². The van der Waals surface area contributed by atoms with Crippen molar-refractivity contribution >= 4 is 57.5 Å². The largest absolute Gasteiger partial charge is 0.309 e. The van der Waals surface area contributed by atoms with Crippen molar-refractivity contribution in [3.05, 3.63) is 41.1 Å². The maximum Gasteiger partial charge on any atom is 0.0995 e. The average molecular weight is 327 g/mol. The van der Waals surface area contributed by atoms with Gasteiger partial charge in [0.25, 0.3) is 0 Å². The van der Waals surface area contributed by atoms with Gasteiger partial charge in [-0.25, -0.2) is 0 Å². The van der Waals surface area contributed by atoms with Crippen LogP contribution in [0.5, 0.6) is 0 Å². The molecule has 0 aliphatic carbocycles. The van der Waals surface area contributed by atoms with Crippen LogP contribution in [-0.2, 0) is 0 Å². The third-order valence-corrected chi connectivity index (χ3v) is 5.58. The Hall–Kier alpha value is 0.230. The van der Waals surface area contributed by atoms with Crippen molar-refractivity contribution in [1.29, 1.82) is 0 Å². The monoisotopic (exact) mass is 325 g/mol. The first-order chi connectivity index (χ1) is 8.02. The Morgan fingerprint density at radius 1 is 1.12 bits per heavy atom. The van der Waals surface area contributed by atoms with E-state index in [1.165, 1.54) is 11.3 Å². The molecule has 0 saturated heterocycles. The van der Waals surface area contributed by atoms with E-state index in [-0.39, 0.29) is 6.04 Å². The van der Waals surface area contributed by atoms with Crippen LogP contribution in [0.2, 0.25) is 13.0 Å². The molecule has 17 heavy (non-hydrogen) atoms. The van der Waals surface area contributed by atoms with Crippen molar-refractivity contribution in [2.75, 3.05) is 7.05 Å². The third kappa shape index (κ3) is 2.80. The zero-order valence-corrected chi connectivity index (χ0v) is 13.1. The minimum atomic E-state index is 0.0439. The predicted octanol–water partition coefficient (Wildman–Crippen LogP) is 5.39. The van der Waals surface area contributed by atoms with Gasteiger partial charge in [-0.05, 0) is 31.7 Å². The van der Waals surface area contributed by atoms with Crippen LogP contribution in [0.1, 0.15) is 22.0 Å². The van der Waals surface area contributed by atoms with Gasteiger partial charge in [0.05, 0.1) is 19.1 Å². The topological polar surface area (TPSA) is 12.0 Å². The molecule has 0 radical (unpaired) electrons. The van der Waals surface area contributed by atoms with Crippen LogP contribution < -0.4 is 5.32 Å². The van der Waals surface area contributed by atoms with Crippen molar-refractivity contribution in [2.24, 2.45) is 0 Å². The minimum absolute atomic E-state index is 0.0439. The van der Waals surface area contributed by atoms with Crippen LogP contribution in [0.15, 0.2) is 12.1 Å². The highest BCUT2D eigenvalue weighted by Gasteiger charge is 2.20. The molecule has 2 heterocycles. The van der Waals surface area contributed by atoms with E-state index in [1.54, 1.807) is 11.3 Å². The molecule has 0 aliphatic heterocycles. The molecular formula is C11H10Cl3NS2. The van der Waals surface area contributed by atoms with Gasteiger partial charge in [-0.3, -0.25) is 0 Å². The van der Waals surface area contributed by atoms with E-state index in [0.717, 1.165) is 24.7 Å². The molecule has 0 aromatic carbocycles. The van der Waals surface area contributed by atoms with E-state index in [0.29, 0.717) is 4.34 Å². The van der Waals surface area contributed by atoms with E-state index in [4.69, 9.17) is 34.8 Å². The van der Waals surface area contributed by atoms with Crippen molar-refractivity contribution in [2.45, 2.75) is 13.0 Å². The van der Waals surface area contributed by atoms with Gasteiger partial charge >= 0.3 is 0 Å². The number of hydrogen-bond acceptors (Lipinski definition) is 3. The Bertz CT molecular complexity index is 513. The normalized spacial score (nSPS) is 13.0. The fourth-order valence-corrected chi connectivity index (χ4v) is 4.51. The molecule has 0 saturated carbocycles. The second kappa shape index (κ2) is 5.47. The molecule has 1 unspecified atom stereocenters. The number of hydrogen-bond donors (Lipinski definition) is 1. The lowest BCUT2D eigenvalue weighted by Gasteiger charge is -2.13.